The third kappa shape index (κ3) is 4.36. The first-order valence-corrected chi connectivity index (χ1v) is 10.8. The molecular formula is C20H21N3O2S2. The average Bonchev–Trinajstić information content (AvgIpc) is 3.03. The van der Waals surface area contributed by atoms with Crippen LogP contribution in [0.2, 0.25) is 0 Å². The van der Waals surface area contributed by atoms with Gasteiger partial charge in [0.1, 0.15) is 0 Å². The van der Waals surface area contributed by atoms with Gasteiger partial charge in [0.05, 0.1) is 22.5 Å². The van der Waals surface area contributed by atoms with E-state index in [9.17, 15) is 9.59 Å². The summed E-state index contributed by atoms with van der Waals surface area (Å²) in [6.45, 7) is 4.35. The van der Waals surface area contributed by atoms with Crippen molar-refractivity contribution in [2.24, 2.45) is 0 Å². The van der Waals surface area contributed by atoms with Crippen molar-refractivity contribution in [2.45, 2.75) is 30.4 Å². The number of anilines is 1. The molecule has 0 saturated heterocycles. The Morgan fingerprint density at radius 2 is 1.96 bits per heavy atom. The third-order valence-corrected chi connectivity index (χ3v) is 5.86. The number of benzene rings is 2. The number of fused-ring (bicyclic) bond motifs is 1. The van der Waals surface area contributed by atoms with Crippen LogP contribution in [0.5, 0.6) is 0 Å². The van der Waals surface area contributed by atoms with E-state index in [0.29, 0.717) is 11.3 Å². The topological polar surface area (TPSA) is 64.0 Å². The average molecular weight is 400 g/mol. The highest BCUT2D eigenvalue weighted by atomic mass is 32.2. The van der Waals surface area contributed by atoms with Gasteiger partial charge >= 0.3 is 0 Å². The van der Waals surface area contributed by atoms with E-state index in [-0.39, 0.29) is 11.7 Å². The molecule has 140 valence electrons. The minimum atomic E-state index is -0.126. The number of nitrogens with zero attached hydrogens (tertiary/aromatic N) is 2. The summed E-state index contributed by atoms with van der Waals surface area (Å²) in [5.41, 5.74) is 3.39. The van der Waals surface area contributed by atoms with E-state index in [0.717, 1.165) is 33.3 Å². The Balaban J connectivity index is 1.77. The number of Topliss-reactive ketones (excluding diaryl/α,β-unsaturated/α-hetero) is 1. The van der Waals surface area contributed by atoms with E-state index >= 15 is 0 Å². The molecular weight excluding hydrogens is 378 g/mol. The van der Waals surface area contributed by atoms with Crippen LogP contribution in [0.15, 0.2) is 52.5 Å². The zero-order valence-electron chi connectivity index (χ0n) is 15.5. The van der Waals surface area contributed by atoms with Gasteiger partial charge in [0.2, 0.25) is 5.91 Å². The molecule has 0 aliphatic carbocycles. The fourth-order valence-corrected chi connectivity index (χ4v) is 4.40. The van der Waals surface area contributed by atoms with Gasteiger partial charge in [0.25, 0.3) is 0 Å². The lowest BCUT2D eigenvalue weighted by Gasteiger charge is -2.10. The maximum atomic E-state index is 12.7. The third-order valence-electron chi connectivity index (χ3n) is 4.10. The van der Waals surface area contributed by atoms with Gasteiger partial charge in [0, 0.05) is 23.9 Å². The van der Waals surface area contributed by atoms with E-state index < -0.39 is 0 Å². The van der Waals surface area contributed by atoms with Crippen molar-refractivity contribution in [1.29, 1.82) is 0 Å². The first-order valence-electron chi connectivity index (χ1n) is 8.60. The van der Waals surface area contributed by atoms with Crippen molar-refractivity contribution in [3.63, 3.8) is 0 Å². The predicted molar refractivity (Wildman–Crippen MR) is 113 cm³/mol. The number of thioether (sulfide) groups is 2. The lowest BCUT2D eigenvalue weighted by Crippen LogP contribution is -2.09. The number of aromatic nitrogens is 2. The van der Waals surface area contributed by atoms with Gasteiger partial charge in [-0.2, -0.15) is 0 Å². The molecule has 0 unspecified atom stereocenters. The number of hydrogen-bond acceptors (Lipinski definition) is 5. The van der Waals surface area contributed by atoms with Crippen molar-refractivity contribution in [1.82, 2.24) is 9.55 Å². The molecule has 3 aromatic rings. The molecule has 0 fully saturated rings. The van der Waals surface area contributed by atoms with Crippen molar-refractivity contribution in [3.8, 4) is 0 Å². The van der Waals surface area contributed by atoms with Crippen LogP contribution in [0.4, 0.5) is 5.69 Å². The number of rotatable bonds is 7. The Hall–Kier alpha value is -2.25. The van der Waals surface area contributed by atoms with Gasteiger partial charge in [-0.15, -0.1) is 11.8 Å². The second-order valence-corrected chi connectivity index (χ2v) is 7.73. The van der Waals surface area contributed by atoms with Crippen LogP contribution in [0.3, 0.4) is 0 Å². The number of aryl methyl sites for hydroxylation is 1. The first kappa shape index (κ1) is 19.5. The molecule has 1 amide bonds. The summed E-state index contributed by atoms with van der Waals surface area (Å²) in [4.78, 5) is 29.5. The van der Waals surface area contributed by atoms with Crippen LogP contribution >= 0.6 is 23.5 Å². The highest BCUT2D eigenvalue weighted by Crippen LogP contribution is 2.28. The molecule has 7 heteroatoms. The lowest BCUT2D eigenvalue weighted by molar-refractivity contribution is -0.114. The molecule has 27 heavy (non-hydrogen) atoms. The van der Waals surface area contributed by atoms with Crippen LogP contribution in [0.1, 0.15) is 24.2 Å². The molecule has 1 aromatic heterocycles. The van der Waals surface area contributed by atoms with Crippen LogP contribution in [0.25, 0.3) is 11.0 Å². The van der Waals surface area contributed by atoms with E-state index in [1.807, 2.05) is 36.6 Å². The number of nitrogens with one attached hydrogen (secondary N) is 1. The van der Waals surface area contributed by atoms with Crippen LogP contribution in [-0.4, -0.2) is 33.3 Å². The summed E-state index contributed by atoms with van der Waals surface area (Å²) in [7, 11) is 0. The number of ketones is 1. The second-order valence-electron chi connectivity index (χ2n) is 5.94. The monoisotopic (exact) mass is 399 g/mol. The van der Waals surface area contributed by atoms with E-state index in [1.54, 1.807) is 12.1 Å². The molecule has 0 spiro atoms. The number of hydrogen-bond donors (Lipinski definition) is 1. The largest absolute Gasteiger partial charge is 0.325 e. The van der Waals surface area contributed by atoms with Gasteiger partial charge in [0.15, 0.2) is 10.9 Å². The van der Waals surface area contributed by atoms with Gasteiger partial charge in [-0.1, -0.05) is 23.9 Å². The summed E-state index contributed by atoms with van der Waals surface area (Å²) in [5, 5.41) is 3.64. The molecule has 1 N–H and O–H groups in total. The minimum Gasteiger partial charge on any atom is -0.325 e. The van der Waals surface area contributed by atoms with Crippen molar-refractivity contribution >= 4 is 51.9 Å². The number of carbonyl (C=O) groups excluding carboxylic acids is 2. The summed E-state index contributed by atoms with van der Waals surface area (Å²) in [5.74, 6) is 0.231. The molecule has 0 aliphatic heterocycles. The van der Waals surface area contributed by atoms with Crippen LogP contribution < -0.4 is 5.32 Å². The maximum absolute atomic E-state index is 12.7. The summed E-state index contributed by atoms with van der Waals surface area (Å²) in [6, 6.07) is 13.4. The van der Waals surface area contributed by atoms with Crippen molar-refractivity contribution < 1.29 is 9.59 Å². The van der Waals surface area contributed by atoms with E-state index in [2.05, 4.69) is 21.8 Å². The Morgan fingerprint density at radius 3 is 2.67 bits per heavy atom. The van der Waals surface area contributed by atoms with Crippen LogP contribution in [0, 0.1) is 0 Å². The zero-order valence-corrected chi connectivity index (χ0v) is 17.1. The van der Waals surface area contributed by atoms with Gasteiger partial charge in [-0.05, 0) is 43.5 Å². The highest BCUT2D eigenvalue weighted by molar-refractivity contribution is 7.99. The standard InChI is InChI=1S/C20H21N3O2S2/c1-4-23-17-8-6-5-7-15(17)22-20(23)27-12-18(25)14-9-10-16(21-13(2)24)19(11-14)26-3/h5-11H,4,12H2,1-3H3,(H,21,24). The van der Waals surface area contributed by atoms with Crippen molar-refractivity contribution in [2.75, 3.05) is 17.3 Å². The quantitative estimate of drug-likeness (QED) is 0.460. The van der Waals surface area contributed by atoms with Gasteiger partial charge < -0.3 is 9.88 Å². The van der Waals surface area contributed by atoms with Crippen molar-refractivity contribution in [3.05, 3.63) is 48.0 Å². The fourth-order valence-electron chi connectivity index (χ4n) is 2.84. The Kier molecular flexibility index (Phi) is 6.23. The van der Waals surface area contributed by atoms with E-state index in [1.165, 1.54) is 30.4 Å². The molecule has 0 aliphatic rings. The number of amides is 1. The lowest BCUT2D eigenvalue weighted by atomic mass is 10.1. The molecule has 3 rings (SSSR count). The minimum absolute atomic E-state index is 0.0411. The normalized spacial score (nSPS) is 10.9. The zero-order chi connectivity index (χ0) is 19.4. The molecule has 0 saturated carbocycles. The first-order chi connectivity index (χ1) is 13.0. The summed E-state index contributed by atoms with van der Waals surface area (Å²) in [6.07, 6.45) is 1.92. The molecule has 5 nitrogen and oxygen atoms in total. The molecule has 0 radical (unpaired) electrons. The molecule has 0 bridgehead atoms. The number of para-hydroxylation sites is 2. The Morgan fingerprint density at radius 1 is 1.19 bits per heavy atom. The predicted octanol–water partition coefficient (Wildman–Crippen LogP) is 4.71. The highest BCUT2D eigenvalue weighted by Gasteiger charge is 2.14. The molecule has 0 atom stereocenters. The number of imidazole rings is 1. The fraction of sp³-hybridized carbons (Fsp3) is 0.250. The Bertz CT molecular complexity index is 998. The number of carbonyl (C=O) groups is 2. The maximum Gasteiger partial charge on any atom is 0.221 e. The SMILES string of the molecule is CCn1c(SCC(=O)c2ccc(NC(C)=O)c(SC)c2)nc2ccccc21. The van der Waals surface area contributed by atoms with Gasteiger partial charge in [-0.25, -0.2) is 4.98 Å². The van der Waals surface area contributed by atoms with Crippen LogP contribution in [-0.2, 0) is 11.3 Å². The van der Waals surface area contributed by atoms with Gasteiger partial charge in [-0.3, -0.25) is 9.59 Å². The summed E-state index contributed by atoms with van der Waals surface area (Å²) >= 11 is 2.96. The summed E-state index contributed by atoms with van der Waals surface area (Å²) < 4.78 is 2.13. The molecule has 1 heterocycles. The smallest absolute Gasteiger partial charge is 0.221 e. The second kappa shape index (κ2) is 8.63. The molecule has 2 aromatic carbocycles. The Labute approximate surface area is 166 Å². The van der Waals surface area contributed by atoms with E-state index in [4.69, 9.17) is 0 Å².